The van der Waals surface area contributed by atoms with Crippen LogP contribution in [-0.2, 0) is 4.79 Å². The highest BCUT2D eigenvalue weighted by Gasteiger charge is 2.21. The molecule has 0 heterocycles. The van der Waals surface area contributed by atoms with Gasteiger partial charge in [-0.15, -0.1) is 11.8 Å². The third-order valence-corrected chi connectivity index (χ3v) is 3.52. The van der Waals surface area contributed by atoms with Crippen LogP contribution in [0.25, 0.3) is 0 Å². The Morgan fingerprint density at radius 2 is 2.05 bits per heavy atom. The Bertz CT molecular complexity index is 455. The molecule has 0 aromatic heterocycles. The maximum Gasteiger partial charge on any atom is 0.233 e. The van der Waals surface area contributed by atoms with E-state index in [-0.39, 0.29) is 16.7 Å². The van der Waals surface area contributed by atoms with Crippen LogP contribution in [0.3, 0.4) is 0 Å². The molecule has 4 nitrogen and oxygen atoms in total. The quantitative estimate of drug-likeness (QED) is 0.658. The molecule has 1 amide bonds. The van der Waals surface area contributed by atoms with Gasteiger partial charge >= 0.3 is 0 Å². The molecule has 106 valence electrons. The second-order valence-electron chi connectivity index (χ2n) is 5.41. The van der Waals surface area contributed by atoms with Gasteiger partial charge in [-0.2, -0.15) is 0 Å². The largest absolute Gasteiger partial charge is 0.496 e. The first-order chi connectivity index (χ1) is 8.73. The van der Waals surface area contributed by atoms with Gasteiger partial charge in [0.15, 0.2) is 0 Å². The fraction of sp³-hybridized carbons (Fsp3) is 0.500. The summed E-state index contributed by atoms with van der Waals surface area (Å²) in [6.07, 6.45) is 0. The molecule has 1 rings (SSSR count). The van der Waals surface area contributed by atoms with E-state index in [2.05, 4.69) is 5.32 Å². The summed E-state index contributed by atoms with van der Waals surface area (Å²) in [4.78, 5) is 12.9. The van der Waals surface area contributed by atoms with Gasteiger partial charge in [0, 0.05) is 17.3 Å². The number of hydrogen-bond donors (Lipinski definition) is 2. The van der Waals surface area contributed by atoms with Crippen molar-refractivity contribution in [2.45, 2.75) is 43.4 Å². The molecule has 0 aliphatic heterocycles. The number of benzene rings is 1. The van der Waals surface area contributed by atoms with Crippen molar-refractivity contribution in [1.82, 2.24) is 5.32 Å². The van der Waals surface area contributed by atoms with E-state index in [1.165, 1.54) is 11.8 Å². The minimum atomic E-state index is -0.225. The molecule has 3 N–H and O–H groups in total. The van der Waals surface area contributed by atoms with E-state index in [1.54, 1.807) is 19.2 Å². The summed E-state index contributed by atoms with van der Waals surface area (Å²) in [6.45, 7) is 7.77. The van der Waals surface area contributed by atoms with Gasteiger partial charge in [0.05, 0.1) is 17.3 Å². The van der Waals surface area contributed by atoms with Crippen molar-refractivity contribution in [2.24, 2.45) is 0 Å². The Kier molecular flexibility index (Phi) is 5.11. The van der Waals surface area contributed by atoms with Gasteiger partial charge < -0.3 is 15.8 Å². The van der Waals surface area contributed by atoms with Crippen LogP contribution in [0.2, 0.25) is 0 Å². The fourth-order valence-electron chi connectivity index (χ4n) is 1.50. The summed E-state index contributed by atoms with van der Waals surface area (Å²) in [6, 6.07) is 5.44. The topological polar surface area (TPSA) is 64.3 Å². The van der Waals surface area contributed by atoms with E-state index in [4.69, 9.17) is 10.5 Å². The molecule has 5 heteroatoms. The van der Waals surface area contributed by atoms with Crippen molar-refractivity contribution in [3.63, 3.8) is 0 Å². The van der Waals surface area contributed by atoms with Crippen LogP contribution < -0.4 is 15.8 Å². The summed E-state index contributed by atoms with van der Waals surface area (Å²) in [7, 11) is 1.60. The number of carbonyl (C=O) groups excluding carboxylic acids is 1. The average molecular weight is 282 g/mol. The van der Waals surface area contributed by atoms with Gasteiger partial charge in [0.1, 0.15) is 5.75 Å². The number of nitrogens with two attached hydrogens (primary N) is 1. The number of methoxy groups -OCH3 is 1. The Hall–Kier alpha value is -1.36. The lowest BCUT2D eigenvalue weighted by Gasteiger charge is -2.23. The Morgan fingerprint density at radius 1 is 1.42 bits per heavy atom. The van der Waals surface area contributed by atoms with E-state index in [0.29, 0.717) is 11.4 Å². The molecule has 0 fully saturated rings. The van der Waals surface area contributed by atoms with Crippen molar-refractivity contribution in [1.29, 1.82) is 0 Å². The molecule has 0 saturated carbocycles. The molecule has 0 aliphatic carbocycles. The van der Waals surface area contributed by atoms with Crippen LogP contribution in [0.15, 0.2) is 23.1 Å². The summed E-state index contributed by atoms with van der Waals surface area (Å²) >= 11 is 1.46. The van der Waals surface area contributed by atoms with E-state index < -0.39 is 0 Å². The predicted octanol–water partition coefficient (Wildman–Crippen LogP) is 2.67. The normalized spacial score (nSPS) is 12.9. The van der Waals surface area contributed by atoms with Crippen molar-refractivity contribution < 1.29 is 9.53 Å². The molecule has 0 radical (unpaired) electrons. The lowest BCUT2D eigenvalue weighted by molar-refractivity contribution is -0.121. The molecule has 1 unspecified atom stereocenters. The highest BCUT2D eigenvalue weighted by molar-refractivity contribution is 8.00. The number of thioether (sulfide) groups is 1. The predicted molar refractivity (Wildman–Crippen MR) is 80.6 cm³/mol. The van der Waals surface area contributed by atoms with E-state index in [0.717, 1.165) is 4.90 Å². The van der Waals surface area contributed by atoms with Gasteiger partial charge in [-0.05, 0) is 39.8 Å². The summed E-state index contributed by atoms with van der Waals surface area (Å²) in [5.41, 5.74) is 6.13. The van der Waals surface area contributed by atoms with Gasteiger partial charge in [0.2, 0.25) is 5.91 Å². The molecule has 1 aromatic rings. The summed E-state index contributed by atoms with van der Waals surface area (Å²) in [5, 5.41) is 2.77. The molecule has 1 atom stereocenters. The van der Waals surface area contributed by atoms with Crippen molar-refractivity contribution in [2.75, 3.05) is 12.8 Å². The third kappa shape index (κ3) is 5.03. The van der Waals surface area contributed by atoms with Crippen LogP contribution in [0.5, 0.6) is 5.75 Å². The molecule has 0 spiro atoms. The standard InChI is InChI=1S/C14H22N2O2S/c1-9(13(17)16-14(2,3)4)19-12-7-6-10(15)8-11(12)18-5/h6-9H,15H2,1-5H3,(H,16,17). The van der Waals surface area contributed by atoms with Crippen LogP contribution in [-0.4, -0.2) is 23.8 Å². The fourth-order valence-corrected chi connectivity index (χ4v) is 2.45. The number of ether oxygens (including phenoxy) is 1. The zero-order chi connectivity index (χ0) is 14.6. The zero-order valence-corrected chi connectivity index (χ0v) is 12.9. The number of amides is 1. The number of carbonyl (C=O) groups is 1. The summed E-state index contributed by atoms with van der Waals surface area (Å²) < 4.78 is 5.28. The average Bonchev–Trinajstić information content (AvgIpc) is 2.29. The van der Waals surface area contributed by atoms with Crippen molar-refractivity contribution in [3.8, 4) is 5.75 Å². The van der Waals surface area contributed by atoms with Crippen molar-refractivity contribution in [3.05, 3.63) is 18.2 Å². The maximum atomic E-state index is 12.0. The monoisotopic (exact) mass is 282 g/mol. The first kappa shape index (κ1) is 15.7. The van der Waals surface area contributed by atoms with Crippen LogP contribution in [0, 0.1) is 0 Å². The molecule has 0 aliphatic rings. The minimum Gasteiger partial charge on any atom is -0.496 e. The number of nitrogens with one attached hydrogen (secondary N) is 1. The smallest absolute Gasteiger partial charge is 0.233 e. The second kappa shape index (κ2) is 6.19. The number of anilines is 1. The van der Waals surface area contributed by atoms with E-state index >= 15 is 0 Å². The number of rotatable bonds is 4. The second-order valence-corrected chi connectivity index (χ2v) is 6.79. The molecule has 19 heavy (non-hydrogen) atoms. The Balaban J connectivity index is 2.76. The lowest BCUT2D eigenvalue weighted by atomic mass is 10.1. The molecular formula is C14H22N2O2S. The highest BCUT2D eigenvalue weighted by atomic mass is 32.2. The molecule has 1 aromatic carbocycles. The summed E-state index contributed by atoms with van der Waals surface area (Å²) in [5.74, 6) is 0.705. The van der Waals surface area contributed by atoms with Crippen LogP contribution >= 0.6 is 11.8 Å². The van der Waals surface area contributed by atoms with E-state index in [9.17, 15) is 4.79 Å². The van der Waals surface area contributed by atoms with Gasteiger partial charge in [-0.1, -0.05) is 0 Å². The SMILES string of the molecule is COc1cc(N)ccc1SC(C)C(=O)NC(C)(C)C. The Labute approximate surface area is 119 Å². The maximum absolute atomic E-state index is 12.0. The number of nitrogen functional groups attached to an aromatic ring is 1. The van der Waals surface area contributed by atoms with Crippen LogP contribution in [0.4, 0.5) is 5.69 Å². The lowest BCUT2D eigenvalue weighted by Crippen LogP contribution is -2.44. The van der Waals surface area contributed by atoms with E-state index in [1.807, 2.05) is 33.8 Å². The number of hydrogen-bond acceptors (Lipinski definition) is 4. The first-order valence-corrected chi connectivity index (χ1v) is 7.03. The highest BCUT2D eigenvalue weighted by Crippen LogP contribution is 2.33. The third-order valence-electron chi connectivity index (χ3n) is 2.36. The van der Waals surface area contributed by atoms with Gasteiger partial charge in [0.25, 0.3) is 0 Å². The molecule has 0 saturated heterocycles. The van der Waals surface area contributed by atoms with Crippen molar-refractivity contribution >= 4 is 23.4 Å². The minimum absolute atomic E-state index is 0.0105. The van der Waals surface area contributed by atoms with Crippen LogP contribution in [0.1, 0.15) is 27.7 Å². The van der Waals surface area contributed by atoms with Gasteiger partial charge in [-0.25, -0.2) is 0 Å². The molecule has 0 bridgehead atoms. The Morgan fingerprint density at radius 3 is 2.58 bits per heavy atom. The molecular weight excluding hydrogens is 260 g/mol. The first-order valence-electron chi connectivity index (χ1n) is 6.15. The zero-order valence-electron chi connectivity index (χ0n) is 12.1. The van der Waals surface area contributed by atoms with Gasteiger partial charge in [-0.3, -0.25) is 4.79 Å².